The molecule has 0 atom stereocenters. The summed E-state index contributed by atoms with van der Waals surface area (Å²) in [6, 6.07) is 10.1. The number of oxime groups is 1. The molecule has 104 valence electrons. The van der Waals surface area contributed by atoms with E-state index in [1.54, 1.807) is 24.3 Å². The summed E-state index contributed by atoms with van der Waals surface area (Å²) in [5.74, 6) is -1.27. The van der Waals surface area contributed by atoms with Crippen molar-refractivity contribution >= 4 is 5.84 Å². The lowest BCUT2D eigenvalue weighted by Crippen LogP contribution is -2.12. The smallest absolute Gasteiger partial charge is 0.170 e. The third kappa shape index (κ3) is 3.23. The van der Waals surface area contributed by atoms with E-state index in [1.165, 1.54) is 6.07 Å². The number of hydrogen-bond donors (Lipinski definition) is 2. The Morgan fingerprint density at radius 1 is 1.10 bits per heavy atom. The minimum atomic E-state index is -0.909. The molecule has 0 radical (unpaired) electrons. The van der Waals surface area contributed by atoms with Gasteiger partial charge in [0.15, 0.2) is 17.5 Å². The summed E-state index contributed by atoms with van der Waals surface area (Å²) in [7, 11) is 0. The zero-order valence-electron chi connectivity index (χ0n) is 10.4. The summed E-state index contributed by atoms with van der Waals surface area (Å²) in [5, 5.41) is 11.4. The molecule has 4 nitrogen and oxygen atoms in total. The van der Waals surface area contributed by atoms with Crippen LogP contribution in [0.3, 0.4) is 0 Å². The van der Waals surface area contributed by atoms with Crippen LogP contribution >= 0.6 is 0 Å². The molecule has 0 amide bonds. The maximum absolute atomic E-state index is 13.0. The molecule has 0 aliphatic heterocycles. The normalized spacial score (nSPS) is 11.4. The van der Waals surface area contributed by atoms with Crippen LogP contribution in [0.2, 0.25) is 0 Å². The second-order valence-corrected chi connectivity index (χ2v) is 4.05. The van der Waals surface area contributed by atoms with Gasteiger partial charge in [0.25, 0.3) is 0 Å². The van der Waals surface area contributed by atoms with Gasteiger partial charge in [-0.1, -0.05) is 11.2 Å². The van der Waals surface area contributed by atoms with E-state index in [0.717, 1.165) is 12.1 Å². The highest BCUT2D eigenvalue weighted by Gasteiger charge is 2.04. The van der Waals surface area contributed by atoms with Crippen LogP contribution in [0.5, 0.6) is 5.75 Å². The SMILES string of the molecule is N/C(=N/O)c1ccc(OCc2ccc(F)c(F)c2)cc1. The fourth-order valence-corrected chi connectivity index (χ4v) is 1.58. The number of nitrogens with two attached hydrogens (primary N) is 1. The van der Waals surface area contributed by atoms with Gasteiger partial charge >= 0.3 is 0 Å². The highest BCUT2D eigenvalue weighted by atomic mass is 19.2. The summed E-state index contributed by atoms with van der Waals surface area (Å²) in [6.45, 7) is 0.111. The van der Waals surface area contributed by atoms with Gasteiger partial charge in [-0.3, -0.25) is 0 Å². The number of amidine groups is 1. The van der Waals surface area contributed by atoms with E-state index in [4.69, 9.17) is 15.7 Å². The molecule has 0 bridgehead atoms. The summed E-state index contributed by atoms with van der Waals surface area (Å²) >= 11 is 0. The lowest BCUT2D eigenvalue weighted by molar-refractivity contribution is 0.305. The second kappa shape index (κ2) is 6.01. The minimum Gasteiger partial charge on any atom is -0.489 e. The van der Waals surface area contributed by atoms with Crippen LogP contribution in [-0.2, 0) is 6.61 Å². The maximum Gasteiger partial charge on any atom is 0.170 e. The van der Waals surface area contributed by atoms with Crippen molar-refractivity contribution in [3.05, 3.63) is 65.2 Å². The summed E-state index contributed by atoms with van der Waals surface area (Å²) in [4.78, 5) is 0. The fraction of sp³-hybridized carbons (Fsp3) is 0.0714. The maximum atomic E-state index is 13.0. The summed E-state index contributed by atoms with van der Waals surface area (Å²) < 4.78 is 31.2. The largest absolute Gasteiger partial charge is 0.489 e. The van der Waals surface area contributed by atoms with Crippen LogP contribution in [0.1, 0.15) is 11.1 Å². The van der Waals surface area contributed by atoms with Crippen molar-refractivity contribution in [3.63, 3.8) is 0 Å². The molecule has 6 heteroatoms. The number of nitrogens with zero attached hydrogens (tertiary/aromatic N) is 1. The van der Waals surface area contributed by atoms with Crippen molar-refractivity contribution < 1.29 is 18.7 Å². The van der Waals surface area contributed by atoms with E-state index >= 15 is 0 Å². The second-order valence-electron chi connectivity index (χ2n) is 4.05. The lowest BCUT2D eigenvalue weighted by Gasteiger charge is -2.07. The van der Waals surface area contributed by atoms with E-state index in [9.17, 15) is 8.78 Å². The van der Waals surface area contributed by atoms with E-state index in [2.05, 4.69) is 5.16 Å². The molecule has 3 N–H and O–H groups in total. The molecule has 0 unspecified atom stereocenters. The topological polar surface area (TPSA) is 67.8 Å². The zero-order valence-corrected chi connectivity index (χ0v) is 10.4. The number of hydrogen-bond acceptors (Lipinski definition) is 3. The van der Waals surface area contributed by atoms with Gasteiger partial charge in [0, 0.05) is 5.56 Å². The molecule has 2 aromatic rings. The molecule has 0 aromatic heterocycles. The average Bonchev–Trinajstić information content (AvgIpc) is 2.48. The first-order valence-corrected chi connectivity index (χ1v) is 5.75. The van der Waals surface area contributed by atoms with E-state index < -0.39 is 11.6 Å². The van der Waals surface area contributed by atoms with Crippen molar-refractivity contribution in [2.24, 2.45) is 10.9 Å². The van der Waals surface area contributed by atoms with Gasteiger partial charge in [-0.25, -0.2) is 8.78 Å². The highest BCUT2D eigenvalue weighted by Crippen LogP contribution is 2.15. The number of rotatable bonds is 4. The number of halogens is 2. The van der Waals surface area contributed by atoms with Crippen molar-refractivity contribution in [1.29, 1.82) is 0 Å². The molecule has 0 saturated carbocycles. The van der Waals surface area contributed by atoms with Crippen molar-refractivity contribution in [2.75, 3.05) is 0 Å². The van der Waals surface area contributed by atoms with Gasteiger partial charge < -0.3 is 15.7 Å². The Labute approximate surface area is 114 Å². The predicted molar refractivity (Wildman–Crippen MR) is 69.6 cm³/mol. The van der Waals surface area contributed by atoms with Crippen LogP contribution in [0.25, 0.3) is 0 Å². The van der Waals surface area contributed by atoms with E-state index in [-0.39, 0.29) is 12.4 Å². The van der Waals surface area contributed by atoms with Crippen LogP contribution < -0.4 is 10.5 Å². The van der Waals surface area contributed by atoms with Gasteiger partial charge in [0.05, 0.1) is 0 Å². The van der Waals surface area contributed by atoms with Crippen molar-refractivity contribution in [1.82, 2.24) is 0 Å². The Hall–Kier alpha value is -2.63. The Morgan fingerprint density at radius 2 is 1.80 bits per heavy atom. The molecule has 0 aliphatic rings. The van der Waals surface area contributed by atoms with Crippen molar-refractivity contribution in [2.45, 2.75) is 6.61 Å². The Morgan fingerprint density at radius 3 is 2.40 bits per heavy atom. The molecule has 0 heterocycles. The predicted octanol–water partition coefficient (Wildman–Crippen LogP) is 2.64. The van der Waals surface area contributed by atoms with E-state index in [1.807, 2.05) is 0 Å². The first-order chi connectivity index (χ1) is 9.60. The van der Waals surface area contributed by atoms with Crippen LogP contribution in [0, 0.1) is 11.6 Å². The minimum absolute atomic E-state index is 0.00263. The fourth-order valence-electron chi connectivity index (χ4n) is 1.58. The first kappa shape index (κ1) is 13.8. The van der Waals surface area contributed by atoms with Gasteiger partial charge in [-0.15, -0.1) is 0 Å². The zero-order chi connectivity index (χ0) is 14.5. The molecule has 0 fully saturated rings. The molecule has 0 spiro atoms. The average molecular weight is 278 g/mol. The molecule has 0 saturated heterocycles. The number of ether oxygens (including phenoxy) is 1. The van der Waals surface area contributed by atoms with Crippen LogP contribution in [0.4, 0.5) is 8.78 Å². The standard InChI is InChI=1S/C14H12F2N2O2/c15-12-6-1-9(7-13(12)16)8-20-11-4-2-10(3-5-11)14(17)18-19/h1-7,19H,8H2,(H2,17,18). The Balaban J connectivity index is 2.02. The number of benzene rings is 2. The highest BCUT2D eigenvalue weighted by molar-refractivity contribution is 5.97. The lowest BCUT2D eigenvalue weighted by atomic mass is 10.2. The third-order valence-electron chi connectivity index (χ3n) is 2.65. The molecule has 0 aliphatic carbocycles. The summed E-state index contributed by atoms with van der Waals surface area (Å²) in [5.41, 5.74) is 6.49. The van der Waals surface area contributed by atoms with Crippen LogP contribution in [-0.4, -0.2) is 11.0 Å². The van der Waals surface area contributed by atoms with Gasteiger partial charge in [-0.2, -0.15) is 0 Å². The van der Waals surface area contributed by atoms with Crippen LogP contribution in [0.15, 0.2) is 47.6 Å². The molecule has 2 aromatic carbocycles. The molecular weight excluding hydrogens is 266 g/mol. The first-order valence-electron chi connectivity index (χ1n) is 5.75. The molecule has 20 heavy (non-hydrogen) atoms. The summed E-state index contributed by atoms with van der Waals surface area (Å²) in [6.07, 6.45) is 0. The van der Waals surface area contributed by atoms with Gasteiger partial charge in [0.2, 0.25) is 0 Å². The van der Waals surface area contributed by atoms with Gasteiger partial charge in [-0.05, 0) is 42.0 Å². The van der Waals surface area contributed by atoms with Gasteiger partial charge in [0.1, 0.15) is 12.4 Å². The Bertz CT molecular complexity index is 628. The third-order valence-corrected chi connectivity index (χ3v) is 2.65. The molecular formula is C14H12F2N2O2. The Kier molecular flexibility index (Phi) is 4.14. The monoisotopic (exact) mass is 278 g/mol. The van der Waals surface area contributed by atoms with E-state index in [0.29, 0.717) is 16.9 Å². The van der Waals surface area contributed by atoms with Crippen molar-refractivity contribution in [3.8, 4) is 5.75 Å². The molecule has 2 rings (SSSR count). The quantitative estimate of drug-likeness (QED) is 0.391.